The molecule has 0 N–H and O–H groups in total. The highest BCUT2D eigenvalue weighted by Gasteiger charge is 2.57. The van der Waals surface area contributed by atoms with Crippen molar-refractivity contribution in [2.75, 3.05) is 14.2 Å². The molecule has 1 heterocycles. The summed E-state index contributed by atoms with van der Waals surface area (Å²) in [4.78, 5) is 13.1. The molecule has 1 aromatic carbocycles. The molecule has 7 heteroatoms. The zero-order chi connectivity index (χ0) is 27.0. The van der Waals surface area contributed by atoms with Crippen LogP contribution >= 0.6 is 0 Å². The number of methoxy groups -OCH3 is 1. The van der Waals surface area contributed by atoms with Crippen molar-refractivity contribution in [1.29, 1.82) is 0 Å². The number of allylic oxidation sites excluding steroid dienone is 1. The van der Waals surface area contributed by atoms with E-state index in [4.69, 9.17) is 9.15 Å². The lowest BCUT2D eigenvalue weighted by Gasteiger charge is -2.57. The van der Waals surface area contributed by atoms with Crippen LogP contribution < -0.4 is 0 Å². The zero-order valence-corrected chi connectivity index (χ0v) is 23.7. The van der Waals surface area contributed by atoms with Crippen molar-refractivity contribution in [3.63, 3.8) is 0 Å². The van der Waals surface area contributed by atoms with E-state index >= 15 is 0 Å². The van der Waals surface area contributed by atoms with Crippen molar-refractivity contribution in [3.05, 3.63) is 65.6 Å². The maximum Gasteiger partial charge on any atom is 0.311 e. The molecule has 2 aliphatic rings. The summed E-state index contributed by atoms with van der Waals surface area (Å²) in [5, 5.41) is 0. The number of benzene rings is 1. The van der Waals surface area contributed by atoms with Crippen molar-refractivity contribution >= 4 is 16.0 Å². The molecule has 0 bridgehead atoms. The van der Waals surface area contributed by atoms with Gasteiger partial charge in [-0.3, -0.25) is 4.79 Å². The average Bonchev–Trinajstić information content (AvgIpc) is 3.29. The van der Waals surface area contributed by atoms with E-state index in [2.05, 4.69) is 20.4 Å². The molecule has 0 aliphatic heterocycles. The fraction of sp³-hybridized carbons (Fsp3) is 0.567. The molecule has 2 fully saturated rings. The average molecular weight is 528 g/mol. The van der Waals surface area contributed by atoms with Gasteiger partial charge in [0.25, 0.3) is 0 Å². The van der Waals surface area contributed by atoms with E-state index in [-0.39, 0.29) is 34.7 Å². The van der Waals surface area contributed by atoms with E-state index in [0.29, 0.717) is 5.76 Å². The van der Waals surface area contributed by atoms with Gasteiger partial charge in [0, 0.05) is 7.05 Å². The van der Waals surface area contributed by atoms with E-state index in [1.165, 1.54) is 17.0 Å². The number of carbonyl (C=O) groups is 1. The molecule has 0 saturated heterocycles. The summed E-state index contributed by atoms with van der Waals surface area (Å²) in [6.07, 6.45) is 8.14. The van der Waals surface area contributed by atoms with Crippen LogP contribution in [0.3, 0.4) is 0 Å². The van der Waals surface area contributed by atoms with Gasteiger partial charge in [-0.2, -0.15) is 4.31 Å². The molecule has 0 radical (unpaired) electrons. The highest BCUT2D eigenvalue weighted by atomic mass is 32.2. The normalized spacial score (nSPS) is 28.2. The monoisotopic (exact) mass is 527 g/mol. The molecule has 37 heavy (non-hydrogen) atoms. The first-order chi connectivity index (χ1) is 17.4. The molecular weight excluding hydrogens is 486 g/mol. The Morgan fingerprint density at radius 1 is 1.19 bits per heavy atom. The van der Waals surface area contributed by atoms with Gasteiger partial charge in [-0.25, -0.2) is 8.42 Å². The van der Waals surface area contributed by atoms with Gasteiger partial charge in [0.15, 0.2) is 0 Å². The number of ether oxygens (including phenoxy) is 1. The van der Waals surface area contributed by atoms with Crippen molar-refractivity contribution in [2.45, 2.75) is 77.2 Å². The van der Waals surface area contributed by atoms with Gasteiger partial charge in [-0.15, -0.1) is 0 Å². The first-order valence-corrected chi connectivity index (χ1v) is 14.7. The van der Waals surface area contributed by atoms with Crippen LogP contribution in [-0.4, -0.2) is 32.8 Å². The molecule has 1 aromatic heterocycles. The third-order valence-corrected chi connectivity index (χ3v) is 11.1. The lowest BCUT2D eigenvalue weighted by molar-refractivity contribution is -0.168. The van der Waals surface area contributed by atoms with Crippen LogP contribution in [0.5, 0.6) is 0 Å². The Hall–Kier alpha value is -2.38. The van der Waals surface area contributed by atoms with Crippen LogP contribution in [0.15, 0.2) is 58.1 Å². The summed E-state index contributed by atoms with van der Waals surface area (Å²) in [5.74, 6) is 1.12. The molecule has 4 atom stereocenters. The van der Waals surface area contributed by atoms with Gasteiger partial charge in [0.05, 0.1) is 30.2 Å². The van der Waals surface area contributed by atoms with Gasteiger partial charge >= 0.3 is 5.97 Å². The van der Waals surface area contributed by atoms with Crippen LogP contribution in [0.25, 0.3) is 0 Å². The fourth-order valence-electron chi connectivity index (χ4n) is 7.17. The number of furan rings is 1. The van der Waals surface area contributed by atoms with Gasteiger partial charge in [-0.05, 0) is 93.4 Å². The first-order valence-electron chi connectivity index (χ1n) is 13.3. The molecule has 0 unspecified atom stereocenters. The predicted octanol–water partition coefficient (Wildman–Crippen LogP) is 6.29. The van der Waals surface area contributed by atoms with E-state index in [9.17, 15) is 13.2 Å². The van der Waals surface area contributed by atoms with E-state index in [1.54, 1.807) is 37.6 Å². The molecular formula is C30H41NO5S. The number of carbonyl (C=O) groups excluding carboxylic acids is 1. The molecule has 2 aliphatic carbocycles. The van der Waals surface area contributed by atoms with Crippen molar-refractivity contribution in [1.82, 2.24) is 4.31 Å². The number of rotatable bonds is 8. The second-order valence-electron chi connectivity index (χ2n) is 11.6. The second-order valence-corrected chi connectivity index (χ2v) is 13.6. The van der Waals surface area contributed by atoms with Crippen molar-refractivity contribution < 1.29 is 22.4 Å². The minimum Gasteiger partial charge on any atom is -0.469 e. The van der Waals surface area contributed by atoms with Crippen LogP contribution in [0.4, 0.5) is 0 Å². The maximum atomic E-state index is 13.1. The number of esters is 1. The SMILES string of the molecule is C=C1CC[C@@H]2[C@](C)(CCC[C@]2(C)C(=O)OC)[C@H]1CCc1ccoc1CN(C)S(=O)(=O)c1ccc(C)cc1. The third-order valence-electron chi connectivity index (χ3n) is 9.31. The first kappa shape index (κ1) is 27.6. The molecule has 6 nitrogen and oxygen atoms in total. The van der Waals surface area contributed by atoms with Crippen LogP contribution in [0.1, 0.15) is 69.3 Å². The Balaban J connectivity index is 1.50. The zero-order valence-electron chi connectivity index (χ0n) is 22.9. The molecule has 4 rings (SSSR count). The van der Waals surface area contributed by atoms with Crippen molar-refractivity contribution in [2.24, 2.45) is 22.7 Å². The van der Waals surface area contributed by atoms with Gasteiger partial charge in [0.2, 0.25) is 10.0 Å². The minimum atomic E-state index is -3.63. The summed E-state index contributed by atoms with van der Waals surface area (Å²) < 4.78 is 38.6. The lowest BCUT2D eigenvalue weighted by Crippen LogP contribution is -2.53. The number of hydrogen-bond acceptors (Lipinski definition) is 5. The molecule has 0 amide bonds. The predicted molar refractivity (Wildman–Crippen MR) is 144 cm³/mol. The lowest BCUT2D eigenvalue weighted by atomic mass is 9.46. The van der Waals surface area contributed by atoms with E-state index < -0.39 is 15.4 Å². The summed E-state index contributed by atoms with van der Waals surface area (Å²) in [6, 6.07) is 8.85. The minimum absolute atomic E-state index is 0.0218. The molecule has 202 valence electrons. The topological polar surface area (TPSA) is 76.8 Å². The van der Waals surface area contributed by atoms with E-state index in [1.807, 2.05) is 13.0 Å². The number of fused-ring (bicyclic) bond motifs is 1. The Kier molecular flexibility index (Phi) is 7.78. The van der Waals surface area contributed by atoms with Crippen LogP contribution in [0.2, 0.25) is 0 Å². The van der Waals surface area contributed by atoms with Crippen LogP contribution in [0, 0.1) is 29.6 Å². The Morgan fingerprint density at radius 2 is 1.89 bits per heavy atom. The summed E-state index contributed by atoms with van der Waals surface area (Å²) in [7, 11) is -0.542. The third kappa shape index (κ3) is 5.05. The second kappa shape index (κ2) is 10.4. The summed E-state index contributed by atoms with van der Waals surface area (Å²) in [6.45, 7) is 11.0. The molecule has 0 spiro atoms. The summed E-state index contributed by atoms with van der Waals surface area (Å²) >= 11 is 0. The smallest absolute Gasteiger partial charge is 0.311 e. The number of hydrogen-bond donors (Lipinski definition) is 0. The maximum absolute atomic E-state index is 13.1. The largest absolute Gasteiger partial charge is 0.469 e. The Bertz CT molecular complexity index is 1250. The highest BCUT2D eigenvalue weighted by Crippen LogP contribution is 2.62. The number of aryl methyl sites for hydroxylation is 2. The summed E-state index contributed by atoms with van der Waals surface area (Å²) in [5.41, 5.74) is 2.81. The van der Waals surface area contributed by atoms with E-state index in [0.717, 1.165) is 56.1 Å². The van der Waals surface area contributed by atoms with Crippen LogP contribution in [-0.2, 0) is 32.5 Å². The Morgan fingerprint density at radius 3 is 2.57 bits per heavy atom. The van der Waals surface area contributed by atoms with Gasteiger partial charge < -0.3 is 9.15 Å². The number of nitrogens with zero attached hydrogens (tertiary/aromatic N) is 1. The quantitative estimate of drug-likeness (QED) is 0.298. The van der Waals surface area contributed by atoms with Gasteiger partial charge in [-0.1, -0.05) is 43.2 Å². The fourth-order valence-corrected chi connectivity index (χ4v) is 8.29. The molecule has 2 saturated carbocycles. The number of sulfonamides is 1. The molecule has 2 aromatic rings. The van der Waals surface area contributed by atoms with Crippen molar-refractivity contribution in [3.8, 4) is 0 Å². The van der Waals surface area contributed by atoms with Gasteiger partial charge in [0.1, 0.15) is 5.76 Å². The Labute approximate surface area is 222 Å². The highest BCUT2D eigenvalue weighted by molar-refractivity contribution is 7.89. The standard InChI is InChI=1S/C30H41NO5S/c1-21-8-12-24(13-9-21)37(33,34)31(5)20-26-23(16-19-36-26)11-14-25-22(2)10-15-27-29(25,3)17-7-18-30(27,4)28(32)35-6/h8-9,12-13,16,19,25,27H,2,7,10-11,14-15,17-18,20H2,1,3-6H3/t25-,27+,29+,30-/m0/s1.